The molecule has 0 aromatic heterocycles. The zero-order valence-electron chi connectivity index (χ0n) is 6.81. The first kappa shape index (κ1) is 9.27. The number of rotatable bonds is 3. The molecule has 1 amide bonds. The maximum atomic E-state index is 10.6. The number of carbonyl (C=O) groups excluding carboxylic acids is 1. The van der Waals surface area contributed by atoms with Gasteiger partial charge in [-0.15, -0.1) is 0 Å². The van der Waals surface area contributed by atoms with Crippen LogP contribution in [0.1, 0.15) is 26.7 Å². The zero-order valence-corrected chi connectivity index (χ0v) is 6.81. The Balaban J connectivity index is 3.52. The third kappa shape index (κ3) is 3.33. The van der Waals surface area contributed by atoms with Crippen molar-refractivity contribution in [2.24, 2.45) is 0 Å². The molecule has 3 nitrogen and oxygen atoms in total. The van der Waals surface area contributed by atoms with Crippen molar-refractivity contribution in [1.29, 1.82) is 0 Å². The first-order chi connectivity index (χ1) is 4.74. The van der Waals surface area contributed by atoms with Gasteiger partial charge < -0.3 is 10.1 Å². The van der Waals surface area contributed by atoms with Gasteiger partial charge in [-0.3, -0.25) is 0 Å². The van der Waals surface area contributed by atoms with E-state index in [0.717, 1.165) is 12.8 Å². The normalized spacial score (nSPS) is 9.60. The van der Waals surface area contributed by atoms with Crippen molar-refractivity contribution in [1.82, 2.24) is 5.32 Å². The Hall–Kier alpha value is -0.730. The second kappa shape index (κ2) is 5.09. The average Bonchev–Trinajstić information content (AvgIpc) is 1.99. The number of amides is 1. The van der Waals surface area contributed by atoms with Crippen LogP contribution in [0.15, 0.2) is 0 Å². The third-order valence-corrected chi connectivity index (χ3v) is 1.49. The van der Waals surface area contributed by atoms with Crippen LogP contribution in [0, 0.1) is 0 Å². The van der Waals surface area contributed by atoms with Crippen LogP contribution in [-0.4, -0.2) is 19.2 Å². The fourth-order valence-electron chi connectivity index (χ4n) is 0.718. The molecule has 0 aromatic rings. The summed E-state index contributed by atoms with van der Waals surface area (Å²) >= 11 is 0. The Kier molecular flexibility index (Phi) is 4.72. The van der Waals surface area contributed by atoms with Gasteiger partial charge in [-0.1, -0.05) is 13.8 Å². The standard InChI is InChI=1S/C7H15NO2/c1-4-6(5-2)8-7(9)10-3/h6H,4-5H2,1-3H3,(H,8,9). The van der Waals surface area contributed by atoms with Crippen LogP contribution >= 0.6 is 0 Å². The van der Waals surface area contributed by atoms with Crippen molar-refractivity contribution in [2.75, 3.05) is 7.11 Å². The highest BCUT2D eigenvalue weighted by molar-refractivity contribution is 5.67. The van der Waals surface area contributed by atoms with Gasteiger partial charge in [-0.05, 0) is 12.8 Å². The first-order valence-corrected chi connectivity index (χ1v) is 3.59. The second-order valence-corrected chi connectivity index (χ2v) is 2.15. The van der Waals surface area contributed by atoms with E-state index in [0.29, 0.717) is 0 Å². The quantitative estimate of drug-likeness (QED) is 0.654. The summed E-state index contributed by atoms with van der Waals surface area (Å²) in [6.45, 7) is 4.06. The largest absolute Gasteiger partial charge is 0.453 e. The molecule has 0 spiro atoms. The molecule has 0 heterocycles. The minimum Gasteiger partial charge on any atom is -0.453 e. The molecule has 0 radical (unpaired) electrons. The lowest BCUT2D eigenvalue weighted by atomic mass is 10.2. The number of alkyl carbamates (subject to hydrolysis) is 1. The lowest BCUT2D eigenvalue weighted by Crippen LogP contribution is -2.33. The Labute approximate surface area is 61.8 Å². The molecular formula is C7H15NO2. The number of hydrogen-bond acceptors (Lipinski definition) is 2. The van der Waals surface area contributed by atoms with E-state index in [1.807, 2.05) is 13.8 Å². The Bertz CT molecular complexity index is 99.8. The number of methoxy groups -OCH3 is 1. The molecular weight excluding hydrogens is 130 g/mol. The summed E-state index contributed by atoms with van der Waals surface area (Å²) in [5.74, 6) is 0. The van der Waals surface area contributed by atoms with Crippen LogP contribution in [0.25, 0.3) is 0 Å². The summed E-state index contributed by atoms with van der Waals surface area (Å²) in [7, 11) is 1.37. The van der Waals surface area contributed by atoms with Gasteiger partial charge in [0.05, 0.1) is 7.11 Å². The maximum absolute atomic E-state index is 10.6. The number of hydrogen-bond donors (Lipinski definition) is 1. The molecule has 0 aliphatic carbocycles. The molecule has 0 rings (SSSR count). The summed E-state index contributed by atoms with van der Waals surface area (Å²) in [6.07, 6.45) is 1.56. The molecule has 0 aromatic carbocycles. The fourth-order valence-corrected chi connectivity index (χ4v) is 0.718. The molecule has 1 N–H and O–H groups in total. The maximum Gasteiger partial charge on any atom is 0.407 e. The van der Waals surface area contributed by atoms with Crippen molar-refractivity contribution >= 4 is 6.09 Å². The number of ether oxygens (including phenoxy) is 1. The van der Waals surface area contributed by atoms with Gasteiger partial charge in [0.25, 0.3) is 0 Å². The molecule has 0 unspecified atom stereocenters. The van der Waals surface area contributed by atoms with Crippen LogP contribution in [0.2, 0.25) is 0 Å². The van der Waals surface area contributed by atoms with E-state index < -0.39 is 0 Å². The van der Waals surface area contributed by atoms with Gasteiger partial charge in [-0.2, -0.15) is 0 Å². The number of nitrogens with one attached hydrogen (secondary N) is 1. The molecule has 0 saturated heterocycles. The molecule has 3 heteroatoms. The van der Waals surface area contributed by atoms with Gasteiger partial charge in [-0.25, -0.2) is 4.79 Å². The molecule has 0 saturated carbocycles. The van der Waals surface area contributed by atoms with E-state index in [-0.39, 0.29) is 12.1 Å². The Morgan fingerprint density at radius 2 is 2.00 bits per heavy atom. The third-order valence-electron chi connectivity index (χ3n) is 1.49. The molecule has 0 aliphatic heterocycles. The number of carbonyl (C=O) groups is 1. The van der Waals surface area contributed by atoms with E-state index in [4.69, 9.17) is 0 Å². The molecule has 0 atom stereocenters. The van der Waals surface area contributed by atoms with Crippen LogP contribution in [0.5, 0.6) is 0 Å². The van der Waals surface area contributed by atoms with E-state index >= 15 is 0 Å². The van der Waals surface area contributed by atoms with E-state index in [2.05, 4.69) is 10.1 Å². The Morgan fingerprint density at radius 1 is 1.50 bits per heavy atom. The summed E-state index contributed by atoms with van der Waals surface area (Å²) in [4.78, 5) is 10.6. The molecule has 0 fully saturated rings. The summed E-state index contributed by atoms with van der Waals surface area (Å²) in [5, 5.41) is 2.70. The van der Waals surface area contributed by atoms with E-state index in [1.54, 1.807) is 0 Å². The average molecular weight is 145 g/mol. The predicted molar refractivity (Wildman–Crippen MR) is 39.9 cm³/mol. The Morgan fingerprint density at radius 3 is 2.30 bits per heavy atom. The smallest absolute Gasteiger partial charge is 0.407 e. The van der Waals surface area contributed by atoms with Crippen molar-refractivity contribution in [2.45, 2.75) is 32.7 Å². The SMILES string of the molecule is CCC(CC)NC(=O)OC. The van der Waals surface area contributed by atoms with Crippen LogP contribution in [-0.2, 0) is 4.74 Å². The summed E-state index contributed by atoms with van der Waals surface area (Å²) in [5.41, 5.74) is 0. The fraction of sp³-hybridized carbons (Fsp3) is 0.857. The predicted octanol–water partition coefficient (Wildman–Crippen LogP) is 1.53. The molecule has 10 heavy (non-hydrogen) atoms. The minimum absolute atomic E-state index is 0.257. The first-order valence-electron chi connectivity index (χ1n) is 3.59. The lowest BCUT2D eigenvalue weighted by Gasteiger charge is -2.12. The highest BCUT2D eigenvalue weighted by Crippen LogP contribution is 1.95. The van der Waals surface area contributed by atoms with Crippen LogP contribution in [0.3, 0.4) is 0 Å². The van der Waals surface area contributed by atoms with Gasteiger partial charge >= 0.3 is 6.09 Å². The van der Waals surface area contributed by atoms with Gasteiger partial charge in [0, 0.05) is 6.04 Å². The monoisotopic (exact) mass is 145 g/mol. The zero-order chi connectivity index (χ0) is 7.98. The van der Waals surface area contributed by atoms with Gasteiger partial charge in [0.1, 0.15) is 0 Å². The summed E-state index contributed by atoms with van der Waals surface area (Å²) < 4.78 is 4.43. The summed E-state index contributed by atoms with van der Waals surface area (Å²) in [6, 6.07) is 0.257. The van der Waals surface area contributed by atoms with Crippen LogP contribution in [0.4, 0.5) is 4.79 Å². The van der Waals surface area contributed by atoms with Gasteiger partial charge in [0.15, 0.2) is 0 Å². The topological polar surface area (TPSA) is 38.3 Å². The van der Waals surface area contributed by atoms with Crippen LogP contribution < -0.4 is 5.32 Å². The van der Waals surface area contributed by atoms with Crippen molar-refractivity contribution in [3.05, 3.63) is 0 Å². The minimum atomic E-state index is -0.339. The lowest BCUT2D eigenvalue weighted by molar-refractivity contribution is 0.166. The van der Waals surface area contributed by atoms with Crippen molar-refractivity contribution in [3.8, 4) is 0 Å². The van der Waals surface area contributed by atoms with E-state index in [1.165, 1.54) is 7.11 Å². The van der Waals surface area contributed by atoms with E-state index in [9.17, 15) is 4.79 Å². The molecule has 0 bridgehead atoms. The van der Waals surface area contributed by atoms with Crippen molar-refractivity contribution < 1.29 is 9.53 Å². The molecule has 0 aliphatic rings. The highest BCUT2D eigenvalue weighted by atomic mass is 16.5. The second-order valence-electron chi connectivity index (χ2n) is 2.15. The highest BCUT2D eigenvalue weighted by Gasteiger charge is 2.06. The molecule has 60 valence electrons. The van der Waals surface area contributed by atoms with Crippen molar-refractivity contribution in [3.63, 3.8) is 0 Å². The van der Waals surface area contributed by atoms with Gasteiger partial charge in [0.2, 0.25) is 0 Å².